The van der Waals surface area contributed by atoms with Crippen molar-refractivity contribution in [1.82, 2.24) is 4.57 Å². The maximum absolute atomic E-state index is 3.31. The summed E-state index contributed by atoms with van der Waals surface area (Å²) in [5.74, 6) is 43.2. The van der Waals surface area contributed by atoms with Crippen LogP contribution in [-0.4, -0.2) is 4.57 Å². The summed E-state index contributed by atoms with van der Waals surface area (Å²) in [5, 5.41) is 0. The van der Waals surface area contributed by atoms with Gasteiger partial charge in [-0.15, -0.1) is 0 Å². The number of hydrogen-bond donors (Lipinski definition) is 0. The molecule has 0 N–H and O–H groups in total. The number of aromatic nitrogens is 2. The molecule has 0 aliphatic heterocycles. The molecule has 2 nitrogen and oxygen atoms in total. The molecule has 0 saturated carbocycles. The molecule has 1 unspecified atom stereocenters. The van der Waals surface area contributed by atoms with Crippen molar-refractivity contribution in [3.63, 3.8) is 0 Å². The third-order valence-electron chi connectivity index (χ3n) is 6.66. The number of imidazole rings is 1. The molecule has 0 saturated heterocycles. The number of aryl methyl sites for hydroxylation is 1. The molecule has 0 radical (unpaired) electrons. The van der Waals surface area contributed by atoms with Crippen LogP contribution in [-0.2, 0) is 7.05 Å². The Kier molecular flexibility index (Phi) is 24.0. The van der Waals surface area contributed by atoms with Crippen molar-refractivity contribution in [1.29, 1.82) is 0 Å². The van der Waals surface area contributed by atoms with Crippen molar-refractivity contribution >= 4 is 0 Å². The lowest BCUT2D eigenvalue weighted by Gasteiger charge is -2.07. The molecule has 0 aliphatic rings. The molecule has 1 aromatic heterocycles. The fraction of sp³-hybridized carbons (Fsp3) is 0.525. The summed E-state index contributed by atoms with van der Waals surface area (Å²) in [6.45, 7) is 4.01. The highest BCUT2D eigenvalue weighted by molar-refractivity contribution is 5.46. The van der Waals surface area contributed by atoms with Crippen LogP contribution in [0.3, 0.4) is 0 Å². The standard InChI is InChI=1S/C40H47N2/c1-4-6-8-10-12-14-16-18-20-22-24-26-28-30-32-34-36-40(42-38-37-41(3)39-42)35-33-31-29-27-25-23-21-19-17-15-13-11-9-7-5-2/h37-40H,4,6,8,10,12,14,16,18,20,22,24,26,28,30,32,34,36H2,1-3H3/q+1. The first-order valence-corrected chi connectivity index (χ1v) is 15.7. The zero-order valence-electron chi connectivity index (χ0n) is 26.2. The van der Waals surface area contributed by atoms with E-state index in [2.05, 4.69) is 119 Å². The zero-order valence-corrected chi connectivity index (χ0v) is 26.2. The highest BCUT2D eigenvalue weighted by atomic mass is 15.1. The zero-order chi connectivity index (χ0) is 30.2. The highest BCUT2D eigenvalue weighted by Crippen LogP contribution is 2.17. The third kappa shape index (κ3) is 22.5. The monoisotopic (exact) mass is 555 g/mol. The van der Waals surface area contributed by atoms with Crippen molar-refractivity contribution < 1.29 is 4.57 Å². The fourth-order valence-corrected chi connectivity index (χ4v) is 4.39. The topological polar surface area (TPSA) is 8.81 Å². The van der Waals surface area contributed by atoms with E-state index >= 15 is 0 Å². The van der Waals surface area contributed by atoms with Gasteiger partial charge in [0.1, 0.15) is 12.4 Å². The van der Waals surface area contributed by atoms with E-state index in [4.69, 9.17) is 0 Å². The van der Waals surface area contributed by atoms with Crippen LogP contribution in [0.2, 0.25) is 0 Å². The van der Waals surface area contributed by atoms with Gasteiger partial charge in [0.2, 0.25) is 6.33 Å². The van der Waals surface area contributed by atoms with Gasteiger partial charge in [-0.1, -0.05) is 109 Å². The lowest BCUT2D eigenvalue weighted by atomic mass is 10.0. The van der Waals surface area contributed by atoms with Gasteiger partial charge in [-0.25, -0.2) is 9.13 Å². The van der Waals surface area contributed by atoms with Crippen LogP contribution >= 0.6 is 0 Å². The van der Waals surface area contributed by atoms with E-state index in [-0.39, 0.29) is 6.04 Å². The largest absolute Gasteiger partial charge is 0.244 e. The summed E-state index contributed by atoms with van der Waals surface area (Å²) < 4.78 is 4.21. The van der Waals surface area contributed by atoms with E-state index in [1.54, 1.807) is 6.92 Å². The Morgan fingerprint density at radius 3 is 1.29 bits per heavy atom. The molecule has 1 aromatic rings. The van der Waals surface area contributed by atoms with Gasteiger partial charge in [-0.2, -0.15) is 0 Å². The number of unbranched alkanes of at least 4 members (excludes halogenated alkanes) is 15. The predicted molar refractivity (Wildman–Crippen MR) is 177 cm³/mol. The van der Waals surface area contributed by atoms with Gasteiger partial charge in [0.15, 0.2) is 6.04 Å². The minimum absolute atomic E-state index is 0.120. The maximum Gasteiger partial charge on any atom is 0.244 e. The Morgan fingerprint density at radius 1 is 0.524 bits per heavy atom. The molecule has 216 valence electrons. The first-order chi connectivity index (χ1) is 20.8. The minimum Gasteiger partial charge on any atom is -0.240 e. The van der Waals surface area contributed by atoms with E-state index in [0.29, 0.717) is 0 Å². The summed E-state index contributed by atoms with van der Waals surface area (Å²) >= 11 is 0. The first-order valence-electron chi connectivity index (χ1n) is 15.7. The average molecular weight is 556 g/mol. The third-order valence-corrected chi connectivity index (χ3v) is 6.66. The van der Waals surface area contributed by atoms with Crippen molar-refractivity contribution in [2.24, 2.45) is 7.05 Å². The average Bonchev–Trinajstić information content (AvgIpc) is 3.43. The van der Waals surface area contributed by atoms with Crippen molar-refractivity contribution in [2.75, 3.05) is 0 Å². The van der Waals surface area contributed by atoms with Crippen molar-refractivity contribution in [3.8, 4) is 94.7 Å². The van der Waals surface area contributed by atoms with Gasteiger partial charge in [-0.3, -0.25) is 0 Å². The van der Waals surface area contributed by atoms with Crippen LogP contribution in [0.25, 0.3) is 0 Å². The lowest BCUT2D eigenvalue weighted by Crippen LogP contribution is -2.24. The highest BCUT2D eigenvalue weighted by Gasteiger charge is 2.13. The van der Waals surface area contributed by atoms with E-state index in [1.165, 1.54) is 103 Å². The van der Waals surface area contributed by atoms with Gasteiger partial charge in [0, 0.05) is 0 Å². The second kappa shape index (κ2) is 28.2. The summed E-state index contributed by atoms with van der Waals surface area (Å²) in [7, 11) is 2.03. The number of hydrogen-bond acceptors (Lipinski definition) is 0. The van der Waals surface area contributed by atoms with Crippen LogP contribution in [0, 0.1) is 94.7 Å². The van der Waals surface area contributed by atoms with Crippen molar-refractivity contribution in [3.05, 3.63) is 18.7 Å². The Morgan fingerprint density at radius 2 is 0.905 bits per heavy atom. The molecular formula is C40H47N2+. The normalized spacial score (nSPS) is 9.31. The van der Waals surface area contributed by atoms with E-state index in [1.807, 2.05) is 17.8 Å². The molecule has 0 aliphatic carbocycles. The van der Waals surface area contributed by atoms with E-state index in [0.717, 1.165) is 6.42 Å². The second-order valence-corrected chi connectivity index (χ2v) is 10.3. The molecule has 0 bridgehead atoms. The molecule has 1 atom stereocenters. The first kappa shape index (κ1) is 35.7. The molecule has 42 heavy (non-hydrogen) atoms. The van der Waals surface area contributed by atoms with Crippen LogP contribution in [0.1, 0.15) is 129 Å². The van der Waals surface area contributed by atoms with Crippen molar-refractivity contribution in [2.45, 2.75) is 129 Å². The summed E-state index contributed by atoms with van der Waals surface area (Å²) in [5.41, 5.74) is 0. The quantitative estimate of drug-likeness (QED) is 0.100. The van der Waals surface area contributed by atoms with Crippen LogP contribution in [0.15, 0.2) is 18.7 Å². The molecule has 0 fully saturated rings. The Balaban J connectivity index is 2.29. The van der Waals surface area contributed by atoms with Crippen LogP contribution < -0.4 is 4.57 Å². The molecule has 0 spiro atoms. The Hall–Kier alpha value is -4.31. The second-order valence-electron chi connectivity index (χ2n) is 10.3. The maximum atomic E-state index is 3.31. The summed E-state index contributed by atoms with van der Waals surface area (Å²) in [6.07, 6.45) is 29.3. The van der Waals surface area contributed by atoms with Gasteiger partial charge >= 0.3 is 0 Å². The fourth-order valence-electron chi connectivity index (χ4n) is 4.39. The van der Waals surface area contributed by atoms with E-state index in [9.17, 15) is 0 Å². The predicted octanol–water partition coefficient (Wildman–Crippen LogP) is 7.55. The van der Waals surface area contributed by atoms with Gasteiger partial charge in [0.05, 0.1) is 7.05 Å². The molecule has 2 heteroatoms. The Labute approximate surface area is 258 Å². The molecular weight excluding hydrogens is 508 g/mol. The minimum atomic E-state index is 0.120. The molecule has 0 aromatic carbocycles. The smallest absolute Gasteiger partial charge is 0.240 e. The molecule has 0 amide bonds. The van der Waals surface area contributed by atoms with Crippen LogP contribution in [0.4, 0.5) is 0 Å². The number of nitrogens with zero attached hydrogens (tertiary/aromatic N) is 2. The molecule has 1 heterocycles. The number of rotatable bonds is 18. The van der Waals surface area contributed by atoms with Gasteiger partial charge in [-0.05, 0) is 109 Å². The van der Waals surface area contributed by atoms with Gasteiger partial charge < -0.3 is 0 Å². The van der Waals surface area contributed by atoms with Gasteiger partial charge in [0.25, 0.3) is 0 Å². The summed E-state index contributed by atoms with van der Waals surface area (Å²) in [4.78, 5) is 0. The van der Waals surface area contributed by atoms with Crippen LogP contribution in [0.5, 0.6) is 0 Å². The Bertz CT molecular complexity index is 1390. The molecule has 1 rings (SSSR count). The SMILES string of the molecule is CC#CC#CC#CC#CC#CC#CC#CC#CC(CCCCCCCCCCCCCCCCCC)n1cc[n+](C)c1. The summed E-state index contributed by atoms with van der Waals surface area (Å²) in [6, 6.07) is 0.120. The lowest BCUT2D eigenvalue weighted by molar-refractivity contribution is -0.671. The van der Waals surface area contributed by atoms with E-state index < -0.39 is 0 Å².